The van der Waals surface area contributed by atoms with Crippen molar-refractivity contribution < 1.29 is 23.5 Å². The molecule has 13 heteroatoms. The summed E-state index contributed by atoms with van der Waals surface area (Å²) in [7, 11) is 0. The number of nitrogens with zero attached hydrogens (tertiary/aromatic N) is 2. The Labute approximate surface area is 204 Å². The molecule has 4 aromatic heterocycles. The third kappa shape index (κ3) is 6.09. The Morgan fingerprint density at radius 1 is 0.778 bits per heavy atom. The molecule has 0 atom stereocenters. The summed E-state index contributed by atoms with van der Waals surface area (Å²) >= 11 is 0. The van der Waals surface area contributed by atoms with Gasteiger partial charge in [0.2, 0.25) is 0 Å². The van der Waals surface area contributed by atoms with Crippen LogP contribution in [0.25, 0.3) is 0 Å². The highest BCUT2D eigenvalue weighted by Crippen LogP contribution is 2.21. The number of hydrogen-bond acceptors (Lipinski definition) is 11. The van der Waals surface area contributed by atoms with Gasteiger partial charge in [-0.2, -0.15) is 0 Å². The first-order valence-electron chi connectivity index (χ1n) is 10.8. The number of aromatic nitrogens is 2. The minimum Gasteiger partial charge on any atom is -0.459 e. The van der Waals surface area contributed by atoms with Crippen LogP contribution in [-0.4, -0.2) is 46.1 Å². The molecule has 9 N–H and O–H groups in total. The largest absolute Gasteiger partial charge is 0.459 e. The molecule has 0 saturated carbocycles. The lowest BCUT2D eigenvalue weighted by Gasteiger charge is -2.15. The van der Waals surface area contributed by atoms with Crippen LogP contribution in [-0.2, 0) is 0 Å². The third-order valence-corrected chi connectivity index (χ3v) is 4.87. The SMILES string of the molecule is Nc1nc(NCC(O)CNc2ccc(NC(=O)c3ccco3)c(N)n2)ccc1NC(=O)c1ccco1. The summed E-state index contributed by atoms with van der Waals surface area (Å²) in [5, 5.41) is 21.5. The molecule has 0 aliphatic carbocycles. The second-order valence-electron chi connectivity index (χ2n) is 7.54. The molecule has 2 amide bonds. The van der Waals surface area contributed by atoms with Gasteiger partial charge in [-0.25, -0.2) is 9.97 Å². The van der Waals surface area contributed by atoms with E-state index in [1.165, 1.54) is 24.7 Å². The number of aliphatic hydroxyl groups is 1. The lowest BCUT2D eigenvalue weighted by Crippen LogP contribution is -2.28. The molecule has 0 saturated heterocycles. The van der Waals surface area contributed by atoms with Gasteiger partial charge >= 0.3 is 0 Å². The van der Waals surface area contributed by atoms with Crippen molar-refractivity contribution in [3.8, 4) is 0 Å². The Morgan fingerprint density at radius 2 is 1.22 bits per heavy atom. The first-order chi connectivity index (χ1) is 17.4. The molecule has 0 bridgehead atoms. The maximum Gasteiger partial charge on any atom is 0.291 e. The minimum atomic E-state index is -0.812. The summed E-state index contributed by atoms with van der Waals surface area (Å²) in [5.74, 6) is 0.449. The number of nitrogens with one attached hydrogen (secondary N) is 4. The summed E-state index contributed by atoms with van der Waals surface area (Å²) < 4.78 is 10.1. The number of carbonyl (C=O) groups is 2. The summed E-state index contributed by atoms with van der Waals surface area (Å²) in [5.41, 5.74) is 12.5. The summed E-state index contributed by atoms with van der Waals surface area (Å²) in [4.78, 5) is 32.5. The fourth-order valence-corrected chi connectivity index (χ4v) is 3.06. The lowest BCUT2D eigenvalue weighted by atomic mass is 10.3. The van der Waals surface area contributed by atoms with E-state index in [4.69, 9.17) is 20.3 Å². The molecule has 36 heavy (non-hydrogen) atoms. The van der Waals surface area contributed by atoms with Gasteiger partial charge in [-0.1, -0.05) is 0 Å². The third-order valence-electron chi connectivity index (χ3n) is 4.87. The molecule has 0 spiro atoms. The topological polar surface area (TPSA) is 207 Å². The normalized spacial score (nSPS) is 10.7. The van der Waals surface area contributed by atoms with Crippen LogP contribution < -0.4 is 32.7 Å². The molecule has 186 valence electrons. The van der Waals surface area contributed by atoms with E-state index in [9.17, 15) is 14.7 Å². The van der Waals surface area contributed by atoms with E-state index in [1.807, 2.05) is 0 Å². The van der Waals surface area contributed by atoms with E-state index >= 15 is 0 Å². The van der Waals surface area contributed by atoms with Crippen LogP contribution in [0.2, 0.25) is 0 Å². The summed E-state index contributed by atoms with van der Waals surface area (Å²) in [6, 6.07) is 12.7. The number of anilines is 6. The molecular weight excluding hydrogens is 468 g/mol. The molecule has 0 unspecified atom stereocenters. The van der Waals surface area contributed by atoms with E-state index in [2.05, 4.69) is 31.2 Å². The molecule has 4 rings (SSSR count). The molecule has 0 aliphatic rings. The Hall–Kier alpha value is -5.04. The first-order valence-corrected chi connectivity index (χ1v) is 10.8. The van der Waals surface area contributed by atoms with E-state index < -0.39 is 17.9 Å². The van der Waals surface area contributed by atoms with Crippen LogP contribution in [0, 0.1) is 0 Å². The van der Waals surface area contributed by atoms with Crippen molar-refractivity contribution >= 4 is 46.5 Å². The minimum absolute atomic E-state index is 0.103. The van der Waals surface area contributed by atoms with Crippen molar-refractivity contribution in [3.63, 3.8) is 0 Å². The highest BCUT2D eigenvalue weighted by Gasteiger charge is 2.14. The fourth-order valence-electron chi connectivity index (χ4n) is 3.06. The Morgan fingerprint density at radius 3 is 1.58 bits per heavy atom. The van der Waals surface area contributed by atoms with Crippen molar-refractivity contribution in [1.82, 2.24) is 9.97 Å². The Balaban J connectivity index is 1.24. The summed E-state index contributed by atoms with van der Waals surface area (Å²) in [6.45, 7) is 0.314. The summed E-state index contributed by atoms with van der Waals surface area (Å²) in [6.07, 6.45) is 1.98. The van der Waals surface area contributed by atoms with Gasteiger partial charge in [0, 0.05) is 13.1 Å². The molecule has 4 heterocycles. The Bertz CT molecular complexity index is 1220. The number of nitrogens with two attached hydrogens (primary N) is 2. The quantitative estimate of drug-likeness (QED) is 0.171. The maximum atomic E-state index is 12.1. The number of hydrogen-bond donors (Lipinski definition) is 7. The zero-order valence-electron chi connectivity index (χ0n) is 18.9. The molecular formula is C23H24N8O5. The van der Waals surface area contributed by atoms with Gasteiger partial charge in [0.25, 0.3) is 11.8 Å². The van der Waals surface area contributed by atoms with Crippen molar-refractivity contribution in [2.24, 2.45) is 0 Å². The smallest absolute Gasteiger partial charge is 0.291 e. The molecule has 0 radical (unpaired) electrons. The monoisotopic (exact) mass is 492 g/mol. The van der Waals surface area contributed by atoms with Crippen molar-refractivity contribution in [3.05, 3.63) is 72.6 Å². The molecule has 4 aromatic rings. The average Bonchev–Trinajstić information content (AvgIpc) is 3.59. The van der Waals surface area contributed by atoms with Gasteiger partial charge in [-0.05, 0) is 48.5 Å². The van der Waals surface area contributed by atoms with Gasteiger partial charge in [-0.15, -0.1) is 0 Å². The van der Waals surface area contributed by atoms with Crippen molar-refractivity contribution in [2.75, 3.05) is 45.8 Å². The van der Waals surface area contributed by atoms with E-state index in [0.29, 0.717) is 23.0 Å². The number of furan rings is 2. The number of carbonyl (C=O) groups excluding carboxylic acids is 2. The van der Waals surface area contributed by atoms with Gasteiger partial charge < -0.3 is 46.7 Å². The highest BCUT2D eigenvalue weighted by atomic mass is 16.3. The second kappa shape index (κ2) is 10.9. The van der Waals surface area contributed by atoms with Crippen LogP contribution in [0.3, 0.4) is 0 Å². The number of aliphatic hydroxyl groups excluding tert-OH is 1. The van der Waals surface area contributed by atoms with Gasteiger partial charge in [-0.3, -0.25) is 9.59 Å². The standard InChI is InChI=1S/C23H24N8O5/c24-20-14(28-22(33)16-3-1-9-35-16)5-7-18(30-20)26-11-13(32)12-27-19-8-6-15(21(25)31-19)29-23(34)17-4-2-10-36-17/h1-10,13,32H,11-12H2,(H,28,33)(H,29,34)(H3,24,26,30)(H3,25,27,31). The van der Waals surface area contributed by atoms with Crippen molar-refractivity contribution in [1.29, 1.82) is 0 Å². The highest BCUT2D eigenvalue weighted by molar-refractivity contribution is 6.04. The molecule has 13 nitrogen and oxygen atoms in total. The zero-order chi connectivity index (χ0) is 25.5. The number of pyridine rings is 2. The maximum absolute atomic E-state index is 12.1. The number of rotatable bonds is 10. The van der Waals surface area contributed by atoms with Gasteiger partial charge in [0.1, 0.15) is 23.3 Å². The number of nitrogen functional groups attached to an aromatic ring is 2. The zero-order valence-corrected chi connectivity index (χ0v) is 18.9. The van der Waals surface area contributed by atoms with Gasteiger partial charge in [0.05, 0.1) is 30.0 Å². The average molecular weight is 492 g/mol. The van der Waals surface area contributed by atoms with Crippen LogP contribution >= 0.6 is 0 Å². The van der Waals surface area contributed by atoms with Crippen LogP contribution in [0.5, 0.6) is 0 Å². The predicted molar refractivity (Wildman–Crippen MR) is 134 cm³/mol. The van der Waals surface area contributed by atoms with Crippen molar-refractivity contribution in [2.45, 2.75) is 6.10 Å². The predicted octanol–water partition coefficient (Wildman–Crippen LogP) is 2.22. The van der Waals surface area contributed by atoms with Crippen LogP contribution in [0.1, 0.15) is 21.1 Å². The van der Waals surface area contributed by atoms with Crippen LogP contribution in [0.4, 0.5) is 34.6 Å². The molecule has 0 aromatic carbocycles. The second-order valence-corrected chi connectivity index (χ2v) is 7.54. The Kier molecular flexibility index (Phi) is 7.31. The van der Waals surface area contributed by atoms with Crippen LogP contribution in [0.15, 0.2) is 69.9 Å². The lowest BCUT2D eigenvalue weighted by molar-refractivity contribution is 0.0989. The number of amides is 2. The van der Waals surface area contributed by atoms with E-state index in [-0.39, 0.29) is 36.2 Å². The van der Waals surface area contributed by atoms with E-state index in [1.54, 1.807) is 36.4 Å². The first kappa shape index (κ1) is 24.1. The molecule has 0 fully saturated rings. The van der Waals surface area contributed by atoms with Gasteiger partial charge in [0.15, 0.2) is 11.5 Å². The fraction of sp³-hybridized carbons (Fsp3) is 0.130. The van der Waals surface area contributed by atoms with E-state index in [0.717, 1.165) is 0 Å². The molecule has 0 aliphatic heterocycles.